The minimum atomic E-state index is -3.06. The summed E-state index contributed by atoms with van der Waals surface area (Å²) in [4.78, 5) is 0. The second-order valence-corrected chi connectivity index (χ2v) is 27.1. The average Bonchev–Trinajstić information content (AvgIpc) is 3.15. The maximum absolute atomic E-state index is 8.13. The maximum atomic E-state index is 8.13. The van der Waals surface area contributed by atoms with E-state index in [1.807, 2.05) is 0 Å². The Bertz CT molecular complexity index is 1480. The predicted octanol–water partition coefficient (Wildman–Crippen LogP) is 5.76. The van der Waals surface area contributed by atoms with Crippen LogP contribution in [0.1, 0.15) is 12.8 Å². The van der Waals surface area contributed by atoms with E-state index < -0.39 is 47.0 Å². The Hall–Kier alpha value is -3.39. The molecule has 2 nitrogen and oxygen atoms in total. The number of hydrogen-bond donors (Lipinski definition) is 0. The SMILES string of the molecule is c1ccc([Si](OC2(O[Si](c3ccccc3)(c3ccccc3)c3ccccc3)C[CH2][Hg][CH2]C2)(c2ccccc2)c2ccccc2)cc1. The van der Waals surface area contributed by atoms with Gasteiger partial charge in [-0.3, -0.25) is 0 Å². The Morgan fingerprint density at radius 2 is 0.565 bits per heavy atom. The fourth-order valence-electron chi connectivity index (χ4n) is 7.26. The Morgan fingerprint density at radius 3 is 0.783 bits per heavy atom. The Balaban J connectivity index is 1.50. The molecule has 224 valence electrons. The third kappa shape index (κ3) is 6.05. The fourth-order valence-corrected chi connectivity index (χ4v) is 23.1. The molecule has 7 rings (SSSR count). The van der Waals surface area contributed by atoms with Gasteiger partial charge in [0.25, 0.3) is 0 Å². The summed E-state index contributed by atoms with van der Waals surface area (Å²) in [7, 11) is -6.13. The van der Waals surface area contributed by atoms with E-state index in [-0.39, 0.29) is 0 Å². The fraction of sp³-hybridized carbons (Fsp3) is 0.122. The zero-order chi connectivity index (χ0) is 31.1. The molecule has 0 atom stereocenters. The molecule has 0 saturated carbocycles. The molecule has 46 heavy (non-hydrogen) atoms. The van der Waals surface area contributed by atoms with Gasteiger partial charge in [-0.1, -0.05) is 0 Å². The first-order chi connectivity index (χ1) is 22.8. The van der Waals surface area contributed by atoms with Crippen molar-refractivity contribution in [3.63, 3.8) is 0 Å². The van der Waals surface area contributed by atoms with Crippen molar-refractivity contribution in [1.82, 2.24) is 0 Å². The first kappa shape index (κ1) is 31.2. The molecular weight excluding hydrogens is 781 g/mol. The summed E-state index contributed by atoms with van der Waals surface area (Å²) in [6.07, 6.45) is 1.88. The molecule has 1 heterocycles. The van der Waals surface area contributed by atoms with Crippen LogP contribution in [0.5, 0.6) is 0 Å². The molecule has 1 aliphatic rings. The van der Waals surface area contributed by atoms with Gasteiger partial charge in [-0.2, -0.15) is 0 Å². The van der Waals surface area contributed by atoms with E-state index in [0.717, 1.165) is 12.8 Å². The van der Waals surface area contributed by atoms with Crippen LogP contribution < -0.4 is 31.1 Å². The van der Waals surface area contributed by atoms with Gasteiger partial charge in [0.2, 0.25) is 0 Å². The quantitative estimate of drug-likeness (QED) is 0.0996. The van der Waals surface area contributed by atoms with Crippen molar-refractivity contribution >= 4 is 47.8 Å². The molecule has 0 unspecified atom stereocenters. The van der Waals surface area contributed by atoms with Crippen molar-refractivity contribution in [2.24, 2.45) is 0 Å². The van der Waals surface area contributed by atoms with Crippen LogP contribution in [0.4, 0.5) is 0 Å². The molecule has 6 aromatic rings. The molecule has 0 amide bonds. The molecule has 0 aliphatic carbocycles. The van der Waals surface area contributed by atoms with Gasteiger partial charge in [0.1, 0.15) is 0 Å². The van der Waals surface area contributed by atoms with Gasteiger partial charge in [0.15, 0.2) is 0 Å². The van der Waals surface area contributed by atoms with E-state index in [4.69, 9.17) is 8.85 Å². The summed E-state index contributed by atoms with van der Waals surface area (Å²) in [5, 5.41) is 7.48. The normalized spacial score (nSPS) is 14.5. The molecule has 6 aromatic carbocycles. The van der Waals surface area contributed by atoms with Gasteiger partial charge < -0.3 is 0 Å². The third-order valence-electron chi connectivity index (χ3n) is 9.38. The molecule has 0 bridgehead atoms. The van der Waals surface area contributed by atoms with Gasteiger partial charge in [-0.25, -0.2) is 0 Å². The van der Waals surface area contributed by atoms with Crippen LogP contribution in [0.2, 0.25) is 7.86 Å². The van der Waals surface area contributed by atoms with Gasteiger partial charge in [-0.15, -0.1) is 0 Å². The molecule has 1 saturated heterocycles. The summed E-state index contributed by atoms with van der Waals surface area (Å²) >= 11 is -0.985. The van der Waals surface area contributed by atoms with Gasteiger partial charge in [0, 0.05) is 0 Å². The van der Waals surface area contributed by atoms with Crippen LogP contribution in [-0.4, -0.2) is 22.4 Å². The topological polar surface area (TPSA) is 18.5 Å². The van der Waals surface area contributed by atoms with Crippen LogP contribution in [0, 0.1) is 0 Å². The van der Waals surface area contributed by atoms with Crippen molar-refractivity contribution in [3.05, 3.63) is 182 Å². The average molecular weight is 820 g/mol. The predicted molar refractivity (Wildman–Crippen MR) is 192 cm³/mol. The Morgan fingerprint density at radius 1 is 0.348 bits per heavy atom. The molecule has 0 aromatic heterocycles. The third-order valence-corrected chi connectivity index (χ3v) is 24.2. The molecule has 0 radical (unpaired) electrons. The monoisotopic (exact) mass is 820 g/mol. The van der Waals surface area contributed by atoms with E-state index in [9.17, 15) is 0 Å². The first-order valence-corrected chi connectivity index (χ1v) is 28.1. The van der Waals surface area contributed by atoms with Crippen LogP contribution in [-0.2, 0) is 33.4 Å². The van der Waals surface area contributed by atoms with Crippen LogP contribution in [0.15, 0.2) is 182 Å². The van der Waals surface area contributed by atoms with Crippen LogP contribution >= 0.6 is 0 Å². The standard InChI is InChI=1S/C41H38O2Si2.Hg/c1-3-41(4-2,42-44(35-23-11-5-12-24-35,36-25-13-6-14-26-36)37-27-15-7-16-28-37)43-45(38-29-17-8-18-30-38,39-31-19-9-20-32-39)40-33-21-10-22-34-40;/h5-34H,1-4H2;. The van der Waals surface area contributed by atoms with Gasteiger partial charge in [0.05, 0.1) is 0 Å². The number of hydrogen-bond acceptors (Lipinski definition) is 2. The van der Waals surface area contributed by atoms with Crippen LogP contribution in [0.25, 0.3) is 0 Å². The minimum absolute atomic E-state index is 0.750. The second-order valence-electron chi connectivity index (χ2n) is 12.2. The van der Waals surface area contributed by atoms with Crippen molar-refractivity contribution in [2.45, 2.75) is 26.5 Å². The number of benzene rings is 6. The summed E-state index contributed by atoms with van der Waals surface area (Å²) < 4.78 is 18.8. The molecule has 0 N–H and O–H groups in total. The molecule has 1 fully saturated rings. The summed E-state index contributed by atoms with van der Waals surface area (Å²) in [5.41, 5.74) is 0. The van der Waals surface area contributed by atoms with Crippen molar-refractivity contribution < 1.29 is 33.4 Å². The van der Waals surface area contributed by atoms with E-state index in [0.29, 0.717) is 0 Å². The Labute approximate surface area is 287 Å². The Kier molecular flexibility index (Phi) is 9.61. The van der Waals surface area contributed by atoms with Crippen molar-refractivity contribution in [1.29, 1.82) is 0 Å². The van der Waals surface area contributed by atoms with E-state index in [1.165, 1.54) is 39.0 Å². The van der Waals surface area contributed by atoms with Crippen molar-refractivity contribution in [2.75, 3.05) is 0 Å². The molecule has 5 heteroatoms. The molecular formula is C41H38HgO2Si2. The molecule has 0 spiro atoms. The van der Waals surface area contributed by atoms with Gasteiger partial charge >= 0.3 is 290 Å². The van der Waals surface area contributed by atoms with E-state index in [2.05, 4.69) is 182 Å². The summed E-state index contributed by atoms with van der Waals surface area (Å²) in [6, 6.07) is 65.9. The second kappa shape index (κ2) is 14.2. The van der Waals surface area contributed by atoms with E-state index >= 15 is 0 Å². The zero-order valence-electron chi connectivity index (χ0n) is 26.2. The summed E-state index contributed by atoms with van der Waals surface area (Å²) in [6.45, 7) is 0. The van der Waals surface area contributed by atoms with Gasteiger partial charge in [-0.05, 0) is 0 Å². The van der Waals surface area contributed by atoms with Crippen LogP contribution in [0.3, 0.4) is 0 Å². The first-order valence-electron chi connectivity index (χ1n) is 16.5. The number of rotatable bonds is 10. The summed E-state index contributed by atoms with van der Waals surface area (Å²) in [5.74, 6) is -0.750. The van der Waals surface area contributed by atoms with Crippen molar-refractivity contribution in [3.8, 4) is 0 Å². The zero-order valence-corrected chi connectivity index (χ0v) is 33.7. The molecule has 1 aliphatic heterocycles. The van der Waals surface area contributed by atoms with E-state index in [1.54, 1.807) is 0 Å².